The molecular formula is C20H18O2S. The third-order valence-electron chi connectivity index (χ3n) is 3.59. The van der Waals surface area contributed by atoms with Crippen molar-refractivity contribution in [1.82, 2.24) is 0 Å². The molecule has 116 valence electrons. The van der Waals surface area contributed by atoms with Crippen LogP contribution in [0.1, 0.15) is 22.8 Å². The molecule has 3 aromatic rings. The van der Waals surface area contributed by atoms with Gasteiger partial charge in [0.1, 0.15) is 0 Å². The van der Waals surface area contributed by atoms with Crippen LogP contribution in [0.2, 0.25) is 0 Å². The maximum atomic E-state index is 11.6. The lowest BCUT2D eigenvalue weighted by Gasteiger charge is -2.06. The number of hydrogen-bond donors (Lipinski definition) is 0. The molecule has 2 nitrogen and oxygen atoms in total. The van der Waals surface area contributed by atoms with E-state index in [9.17, 15) is 4.79 Å². The molecular weight excluding hydrogens is 304 g/mol. The Bertz CT molecular complexity index is 809. The highest BCUT2D eigenvalue weighted by Crippen LogP contribution is 2.26. The Balaban J connectivity index is 1.66. The van der Waals surface area contributed by atoms with Gasteiger partial charge in [-0.15, -0.1) is 11.8 Å². The van der Waals surface area contributed by atoms with Crippen molar-refractivity contribution < 1.29 is 9.53 Å². The molecule has 0 N–H and O–H groups in total. The molecule has 0 unspecified atom stereocenters. The van der Waals surface area contributed by atoms with Gasteiger partial charge in [0, 0.05) is 10.6 Å². The van der Waals surface area contributed by atoms with Gasteiger partial charge in [-0.3, -0.25) is 0 Å². The fourth-order valence-electron chi connectivity index (χ4n) is 2.38. The smallest absolute Gasteiger partial charge is 0.338 e. The van der Waals surface area contributed by atoms with Crippen molar-refractivity contribution in [3.63, 3.8) is 0 Å². The minimum atomic E-state index is -0.263. The van der Waals surface area contributed by atoms with Crippen LogP contribution in [0.4, 0.5) is 0 Å². The van der Waals surface area contributed by atoms with Crippen LogP contribution in [0.3, 0.4) is 0 Å². The van der Waals surface area contributed by atoms with Crippen LogP contribution in [0, 0.1) is 0 Å². The molecule has 3 rings (SSSR count). The van der Waals surface area contributed by atoms with Crippen LogP contribution in [-0.2, 0) is 10.5 Å². The number of esters is 1. The second-order valence-electron chi connectivity index (χ2n) is 5.22. The van der Waals surface area contributed by atoms with Gasteiger partial charge in [-0.1, -0.05) is 42.5 Å². The number of rotatable bonds is 5. The molecule has 0 atom stereocenters. The summed E-state index contributed by atoms with van der Waals surface area (Å²) in [7, 11) is 0. The second-order valence-corrected chi connectivity index (χ2v) is 6.26. The molecule has 0 aromatic heterocycles. The lowest BCUT2D eigenvalue weighted by atomic mass is 10.1. The highest BCUT2D eigenvalue weighted by Gasteiger charge is 2.06. The lowest BCUT2D eigenvalue weighted by Crippen LogP contribution is -2.04. The summed E-state index contributed by atoms with van der Waals surface area (Å²) in [5, 5.41) is 2.52. The topological polar surface area (TPSA) is 26.3 Å². The van der Waals surface area contributed by atoms with Gasteiger partial charge in [0.05, 0.1) is 12.2 Å². The summed E-state index contributed by atoms with van der Waals surface area (Å²) in [5.74, 6) is 0.614. The number of carbonyl (C=O) groups is 1. The third-order valence-corrected chi connectivity index (χ3v) is 4.66. The van der Waals surface area contributed by atoms with Gasteiger partial charge in [-0.2, -0.15) is 0 Å². The highest BCUT2D eigenvalue weighted by molar-refractivity contribution is 7.98. The van der Waals surface area contributed by atoms with E-state index in [2.05, 4.69) is 42.5 Å². The van der Waals surface area contributed by atoms with Crippen molar-refractivity contribution in [3.8, 4) is 0 Å². The molecule has 0 fully saturated rings. The predicted octanol–water partition coefficient (Wildman–Crippen LogP) is 5.31. The minimum Gasteiger partial charge on any atom is -0.462 e. The van der Waals surface area contributed by atoms with E-state index < -0.39 is 0 Å². The fourth-order valence-corrected chi connectivity index (χ4v) is 3.28. The fraction of sp³-hybridized carbons (Fsp3) is 0.150. The normalized spacial score (nSPS) is 10.7. The van der Waals surface area contributed by atoms with Gasteiger partial charge < -0.3 is 4.74 Å². The number of carbonyl (C=O) groups excluding carboxylic acids is 1. The molecule has 0 saturated carbocycles. The monoisotopic (exact) mass is 322 g/mol. The summed E-state index contributed by atoms with van der Waals surface area (Å²) in [5.41, 5.74) is 1.79. The third kappa shape index (κ3) is 3.93. The Hall–Kier alpha value is -2.26. The number of fused-ring (bicyclic) bond motifs is 1. The first-order chi connectivity index (χ1) is 11.3. The summed E-state index contributed by atoms with van der Waals surface area (Å²) in [4.78, 5) is 12.9. The summed E-state index contributed by atoms with van der Waals surface area (Å²) >= 11 is 1.80. The number of benzene rings is 3. The van der Waals surface area contributed by atoms with Crippen molar-refractivity contribution in [2.45, 2.75) is 17.6 Å². The first-order valence-electron chi connectivity index (χ1n) is 7.64. The Morgan fingerprint density at radius 2 is 1.70 bits per heavy atom. The average molecular weight is 322 g/mol. The zero-order chi connectivity index (χ0) is 16.1. The molecule has 3 heteroatoms. The zero-order valence-electron chi connectivity index (χ0n) is 13.0. The Morgan fingerprint density at radius 3 is 2.43 bits per heavy atom. The predicted molar refractivity (Wildman–Crippen MR) is 95.9 cm³/mol. The van der Waals surface area contributed by atoms with Gasteiger partial charge in [0.15, 0.2) is 0 Å². The number of thioether (sulfide) groups is 1. The quantitative estimate of drug-likeness (QED) is 0.470. The van der Waals surface area contributed by atoms with Gasteiger partial charge in [0.25, 0.3) is 0 Å². The van der Waals surface area contributed by atoms with Crippen molar-refractivity contribution >= 4 is 28.5 Å². The average Bonchev–Trinajstić information content (AvgIpc) is 2.60. The SMILES string of the molecule is CCOC(=O)c1ccc(CSc2ccc3ccccc3c2)cc1. The first-order valence-corrected chi connectivity index (χ1v) is 8.62. The van der Waals surface area contributed by atoms with Crippen LogP contribution in [-0.4, -0.2) is 12.6 Å². The molecule has 0 spiro atoms. The van der Waals surface area contributed by atoms with Crippen LogP contribution in [0.5, 0.6) is 0 Å². The van der Waals surface area contributed by atoms with Gasteiger partial charge in [-0.05, 0) is 47.5 Å². The Kier molecular flexibility index (Phi) is 4.99. The van der Waals surface area contributed by atoms with Crippen LogP contribution in [0.25, 0.3) is 10.8 Å². The molecule has 23 heavy (non-hydrogen) atoms. The van der Waals surface area contributed by atoms with Crippen LogP contribution >= 0.6 is 11.8 Å². The van der Waals surface area contributed by atoms with Gasteiger partial charge in [-0.25, -0.2) is 4.79 Å². The zero-order valence-corrected chi connectivity index (χ0v) is 13.8. The van der Waals surface area contributed by atoms with E-state index in [-0.39, 0.29) is 5.97 Å². The van der Waals surface area contributed by atoms with Crippen molar-refractivity contribution in [2.24, 2.45) is 0 Å². The van der Waals surface area contributed by atoms with E-state index in [0.29, 0.717) is 12.2 Å². The van der Waals surface area contributed by atoms with Crippen LogP contribution < -0.4 is 0 Å². The lowest BCUT2D eigenvalue weighted by molar-refractivity contribution is 0.0526. The van der Waals surface area contributed by atoms with Crippen molar-refractivity contribution in [1.29, 1.82) is 0 Å². The summed E-state index contributed by atoms with van der Waals surface area (Å²) in [6, 6.07) is 22.5. The summed E-state index contributed by atoms with van der Waals surface area (Å²) in [6.45, 7) is 2.21. The molecule has 0 amide bonds. The van der Waals surface area contributed by atoms with E-state index in [1.54, 1.807) is 11.8 Å². The molecule has 0 aliphatic heterocycles. The minimum absolute atomic E-state index is 0.263. The molecule has 0 radical (unpaired) electrons. The first kappa shape index (κ1) is 15.6. The van der Waals surface area contributed by atoms with Gasteiger partial charge >= 0.3 is 5.97 Å². The molecule has 0 aliphatic rings. The molecule has 0 saturated heterocycles. The maximum absolute atomic E-state index is 11.6. The van der Waals surface area contributed by atoms with Crippen LogP contribution in [0.15, 0.2) is 71.6 Å². The van der Waals surface area contributed by atoms with E-state index in [0.717, 1.165) is 5.75 Å². The maximum Gasteiger partial charge on any atom is 0.338 e. The van der Waals surface area contributed by atoms with Gasteiger partial charge in [0.2, 0.25) is 0 Å². The standard InChI is InChI=1S/C20H18O2S/c1-2-22-20(21)17-9-7-15(8-10-17)14-23-19-12-11-16-5-3-4-6-18(16)13-19/h3-13H,2,14H2,1H3. The molecule has 0 bridgehead atoms. The Labute approximate surface area is 140 Å². The van der Waals surface area contributed by atoms with Crippen molar-refractivity contribution in [3.05, 3.63) is 77.9 Å². The molecule has 3 aromatic carbocycles. The van der Waals surface area contributed by atoms with Crippen molar-refractivity contribution in [2.75, 3.05) is 6.61 Å². The number of hydrogen-bond acceptors (Lipinski definition) is 3. The van der Waals surface area contributed by atoms with E-state index in [1.807, 2.05) is 31.2 Å². The van der Waals surface area contributed by atoms with E-state index >= 15 is 0 Å². The molecule has 0 heterocycles. The number of ether oxygens (including phenoxy) is 1. The summed E-state index contributed by atoms with van der Waals surface area (Å²) in [6.07, 6.45) is 0. The second kappa shape index (κ2) is 7.34. The largest absolute Gasteiger partial charge is 0.462 e. The molecule has 0 aliphatic carbocycles. The Morgan fingerprint density at radius 1 is 0.957 bits per heavy atom. The van der Waals surface area contributed by atoms with E-state index in [4.69, 9.17) is 4.74 Å². The highest BCUT2D eigenvalue weighted by atomic mass is 32.2. The van der Waals surface area contributed by atoms with E-state index in [1.165, 1.54) is 21.2 Å². The summed E-state index contributed by atoms with van der Waals surface area (Å²) < 4.78 is 4.99.